The van der Waals surface area contributed by atoms with Gasteiger partial charge in [0.05, 0.1) is 5.00 Å². The van der Waals surface area contributed by atoms with Crippen molar-refractivity contribution in [2.24, 2.45) is 0 Å². The molecule has 8 aromatic rings. The van der Waals surface area contributed by atoms with Gasteiger partial charge < -0.3 is 92.0 Å². The first-order valence-electron chi connectivity index (χ1n) is 55.0. The second-order valence-electron chi connectivity index (χ2n) is 43.9. The smallest absolute Gasteiger partial charge is 0.225 e. The van der Waals surface area contributed by atoms with Gasteiger partial charge in [-0.3, -0.25) is 0 Å². The van der Waals surface area contributed by atoms with E-state index in [0.717, 1.165) is 114 Å². The van der Waals surface area contributed by atoms with E-state index in [9.17, 15) is 0 Å². The molecule has 141 heavy (non-hydrogen) atoms. The maximum absolute atomic E-state index is 4.39. The van der Waals surface area contributed by atoms with Gasteiger partial charge in [0, 0.05) is 284 Å². The summed E-state index contributed by atoms with van der Waals surface area (Å²) in [5.41, 5.74) is 3.30. The van der Waals surface area contributed by atoms with Crippen LogP contribution in [0, 0.1) is 0 Å². The van der Waals surface area contributed by atoms with Crippen LogP contribution in [0.3, 0.4) is 0 Å². The van der Waals surface area contributed by atoms with Crippen molar-refractivity contribution in [1.29, 1.82) is 0 Å². The molecule has 0 spiro atoms. The molecule has 28 heteroatoms. The minimum atomic E-state index is 0.263. The van der Waals surface area contributed by atoms with Crippen molar-refractivity contribution in [3.63, 3.8) is 0 Å². The Balaban J connectivity index is 0.000000163. The van der Waals surface area contributed by atoms with Gasteiger partial charge in [-0.05, 0) is 221 Å². The third kappa shape index (κ3) is 43.7. The maximum Gasteiger partial charge on any atom is 0.225 e. The average molecular weight is 2000 g/mol. The van der Waals surface area contributed by atoms with Crippen molar-refractivity contribution < 1.29 is 0 Å². The van der Waals surface area contributed by atoms with Crippen LogP contribution in [0.25, 0.3) is 0 Å². The lowest BCUT2D eigenvalue weighted by molar-refractivity contribution is 0.0910. The molecule has 0 amide bonds. The molecule has 9 saturated heterocycles. The van der Waals surface area contributed by atoms with Crippen molar-refractivity contribution in [3.8, 4) is 0 Å². The number of hydrogen-bond acceptors (Lipinski definition) is 28. The van der Waals surface area contributed by atoms with Crippen LogP contribution in [0.15, 0.2) is 163 Å². The number of thiophene rings is 1. The van der Waals surface area contributed by atoms with E-state index in [-0.39, 0.29) is 5.54 Å². The van der Waals surface area contributed by atoms with Crippen molar-refractivity contribution in [2.75, 3.05) is 157 Å². The van der Waals surface area contributed by atoms with E-state index in [1.807, 2.05) is 65.9 Å². The summed E-state index contributed by atoms with van der Waals surface area (Å²) < 4.78 is 0. The van der Waals surface area contributed by atoms with Crippen LogP contribution >= 0.6 is 34.0 Å². The highest BCUT2D eigenvalue weighted by molar-refractivity contribution is 7.14. The van der Waals surface area contributed by atoms with Crippen LogP contribution in [0.1, 0.15) is 273 Å². The van der Waals surface area contributed by atoms with Crippen molar-refractivity contribution >= 4 is 78.4 Å². The molecular formula is C113H191N25S3. The first kappa shape index (κ1) is 116. The van der Waals surface area contributed by atoms with E-state index in [1.165, 1.54) is 201 Å². The van der Waals surface area contributed by atoms with E-state index in [2.05, 4.69) is 361 Å². The van der Waals surface area contributed by atoms with Crippen LogP contribution in [-0.4, -0.2) is 271 Å². The Morgan fingerprint density at radius 3 is 0.851 bits per heavy atom. The molecule has 0 bridgehead atoms. The quantitative estimate of drug-likeness (QED) is 0.0233. The Morgan fingerprint density at radius 2 is 0.553 bits per heavy atom. The number of rotatable bonds is 27. The van der Waals surface area contributed by atoms with Crippen molar-refractivity contribution in [2.45, 2.75) is 387 Å². The molecule has 18 rings (SSSR count). The molecule has 9 N–H and O–H groups in total. The van der Waals surface area contributed by atoms with Gasteiger partial charge >= 0.3 is 0 Å². The Labute approximate surface area is 867 Å². The number of pyridine rings is 1. The minimum absolute atomic E-state index is 0.263. The Kier molecular flexibility index (Phi) is 51.4. The van der Waals surface area contributed by atoms with Gasteiger partial charge in [-0.2, -0.15) is 0 Å². The van der Waals surface area contributed by atoms with Gasteiger partial charge in [-0.1, -0.05) is 174 Å². The van der Waals surface area contributed by atoms with E-state index in [0.29, 0.717) is 90.1 Å². The van der Waals surface area contributed by atoms with Crippen LogP contribution in [0.2, 0.25) is 0 Å². The number of hydrogen-bond donors (Lipinski definition) is 9. The van der Waals surface area contributed by atoms with Crippen molar-refractivity contribution in [1.82, 2.24) is 87.6 Å². The number of aromatic nitrogens is 7. The van der Waals surface area contributed by atoms with E-state index in [4.69, 9.17) is 0 Å². The second kappa shape index (κ2) is 62.6. The summed E-state index contributed by atoms with van der Waals surface area (Å²) in [6, 6.07) is 46.9. The summed E-state index contributed by atoms with van der Waals surface area (Å²) in [5.74, 6) is 2.84. The molecule has 10 fully saturated rings. The predicted octanol–water partition coefficient (Wildman–Crippen LogP) is 20.0. The van der Waals surface area contributed by atoms with Gasteiger partial charge in [0.2, 0.25) is 11.9 Å². The lowest BCUT2D eigenvalue weighted by atomic mass is 9.89. The van der Waals surface area contributed by atoms with Crippen molar-refractivity contribution in [3.05, 3.63) is 163 Å². The Hall–Kier alpha value is -7.29. The fraction of sp³-hybridized carbons (Fsp3) is 0.690. The van der Waals surface area contributed by atoms with Crippen LogP contribution < -0.4 is 87.1 Å². The summed E-state index contributed by atoms with van der Waals surface area (Å²) >= 11 is 5.33. The number of nitrogens with zero attached hydrogens (tertiary/aromatic N) is 16. The lowest BCUT2D eigenvalue weighted by Gasteiger charge is -2.42. The molecule has 0 unspecified atom stereocenters. The summed E-state index contributed by atoms with van der Waals surface area (Å²) in [6.07, 6.45) is 39.5. The zero-order valence-corrected chi connectivity index (χ0v) is 93.3. The van der Waals surface area contributed by atoms with Gasteiger partial charge in [-0.15, -0.1) is 34.0 Å². The molecule has 0 radical (unpaired) electrons. The van der Waals surface area contributed by atoms with Gasteiger partial charge in [0.1, 0.15) is 5.82 Å². The predicted molar refractivity (Wildman–Crippen MR) is 608 cm³/mol. The monoisotopic (exact) mass is 1990 g/mol. The van der Waals surface area contributed by atoms with Crippen LogP contribution in [0.5, 0.6) is 0 Å². The van der Waals surface area contributed by atoms with Crippen LogP contribution in [-0.2, 0) is 0 Å². The summed E-state index contributed by atoms with van der Waals surface area (Å²) in [6.45, 7) is 65.3. The third-order valence-electron chi connectivity index (χ3n) is 28.2. The topological polar surface area (TPSA) is 228 Å². The SMILES string of the molecule is CC(C)NC1(C)CCN(c2ncccn2)CC1.CC(C)NC1(C)CCN(c2nccs2)CC1.CC(C)NC1CCN(C2CCC2)CC1.CC(C)NC1CCN(c2ccccc2)CC1.CC(C)NC1CCN(c2ccccc2)CC1.CC(C)NC1CCN(c2ccccn2)CC1.CC(C)NC1CCN(c2cccs2)CC1.CC(C)NC1CCN(c2ncccn2)CC1.CC(C)NC1CCN(c2nccs2)CC1. The van der Waals surface area contributed by atoms with E-state index in [1.54, 1.807) is 35.1 Å². The number of likely N-dealkylation sites (tertiary alicyclic amines) is 1. The number of benzene rings is 2. The number of piperidine rings is 9. The number of anilines is 8. The lowest BCUT2D eigenvalue weighted by Crippen LogP contribution is -2.53. The third-order valence-corrected chi connectivity index (χ3v) is 30.8. The molecule has 1 saturated carbocycles. The maximum atomic E-state index is 4.39. The normalized spacial score (nSPS) is 19.5. The van der Waals surface area contributed by atoms with Crippen LogP contribution in [0.4, 0.5) is 44.4 Å². The summed E-state index contributed by atoms with van der Waals surface area (Å²) in [7, 11) is 0. The Bertz CT molecular complexity index is 4030. The number of nitrogens with one attached hydrogen (secondary N) is 9. The van der Waals surface area contributed by atoms with E-state index >= 15 is 0 Å². The summed E-state index contributed by atoms with van der Waals surface area (Å²) in [4.78, 5) is 52.2. The fourth-order valence-corrected chi connectivity index (χ4v) is 23.3. The molecule has 0 atom stereocenters. The van der Waals surface area contributed by atoms with E-state index < -0.39 is 0 Å². The molecular weight excluding hydrogens is 1800 g/mol. The highest BCUT2D eigenvalue weighted by atomic mass is 32.1. The highest BCUT2D eigenvalue weighted by Crippen LogP contribution is 2.33. The molecule has 1 aliphatic carbocycles. The average Bonchev–Trinajstić information content (AvgIpc) is 1.81. The fourth-order valence-electron chi connectivity index (χ4n) is 21.1. The molecule has 9 aliphatic heterocycles. The standard InChI is InChI=1S/2C14H22N2.C13H22N4.C13H21N3.C12H20N4.C12H21N3S.C12H20N2S.C12H24N2.C11H19N3S/c2*1-12(2)15-13-8-10-16(11-9-13)14-6-4-3-5-7-14;1-11(2)16-13(3)5-9-17(10-6-13)12-14-7-4-8-15-12;1-11(2)15-12-6-9-16(10-7-12)13-5-3-4-8-14-13;1-10(2)15-11-4-8-16(9-5-11)12-13-6-3-7-14-12;1-10(2)14-12(3)4-7-15(8-5-12)11-13-6-9-16-11;1-10(2)13-11-5-7-14(8-6-11)12-4-3-9-15-12;1-10(2)13-11-6-8-14(9-7-11)12-4-3-5-12;1-9(2)13-10-3-6-14(7-4-10)11-12-5-8-15-11/h2*3-7,12-13,15H,8-11H2,1-2H3;4,7-8,11,16H,5-6,9-10H2,1-3H3;3-5,8,11-12,15H,6-7,9-10H2,1-2H3;3,6-7,10-11,15H,4-5,8-9H2,1-2H3;6,9-10,14H,4-5,7-8H2,1-3H3;3-4,9-11,13H,5-8H2,1-2H3;10-13H,3-9H2,1-2H3;5,8-10,13H,3-4,6-7H2,1-2H3. The minimum Gasteiger partial charge on any atom is -0.371 e. The second-order valence-corrected chi connectivity index (χ2v) is 46.6. The number of para-hydroxylation sites is 2. The van der Waals surface area contributed by atoms with Gasteiger partial charge in [0.25, 0.3) is 0 Å². The van der Waals surface area contributed by atoms with Gasteiger partial charge in [0.15, 0.2) is 10.3 Å². The highest BCUT2D eigenvalue weighted by Gasteiger charge is 2.35. The molecule has 786 valence electrons. The molecule has 6 aromatic heterocycles. The summed E-state index contributed by atoms with van der Waals surface area (Å²) in [5, 5.41) is 42.7. The van der Waals surface area contributed by atoms with Gasteiger partial charge in [-0.25, -0.2) is 34.9 Å². The first-order chi connectivity index (χ1) is 68.0. The molecule has 25 nitrogen and oxygen atoms in total. The molecule has 2 aromatic carbocycles. The molecule has 15 heterocycles. The zero-order chi connectivity index (χ0) is 101. The number of thiazole rings is 2. The largest absolute Gasteiger partial charge is 0.371 e. The molecule has 10 aliphatic rings. The first-order valence-corrected chi connectivity index (χ1v) is 57.6. The Morgan fingerprint density at radius 1 is 0.255 bits per heavy atom. The zero-order valence-electron chi connectivity index (χ0n) is 90.9.